The van der Waals surface area contributed by atoms with Crippen molar-refractivity contribution in [1.82, 2.24) is 4.98 Å². The number of nitro groups is 1. The number of fused-ring (bicyclic) bond motifs is 1. The van der Waals surface area contributed by atoms with Crippen LogP contribution in [0.2, 0.25) is 0 Å². The van der Waals surface area contributed by atoms with E-state index in [1.165, 1.54) is 29.5 Å². The van der Waals surface area contributed by atoms with Crippen molar-refractivity contribution in [2.75, 3.05) is 18.2 Å². The maximum Gasteiger partial charge on any atom is 0.269 e. The van der Waals surface area contributed by atoms with Crippen LogP contribution in [0.15, 0.2) is 24.3 Å². The Morgan fingerprint density at radius 1 is 1.37 bits per heavy atom. The minimum atomic E-state index is -0.478. The van der Waals surface area contributed by atoms with Gasteiger partial charge >= 0.3 is 0 Å². The van der Waals surface area contributed by atoms with Crippen molar-refractivity contribution >= 4 is 44.5 Å². The van der Waals surface area contributed by atoms with Gasteiger partial charge in [0.1, 0.15) is 9.71 Å². The predicted molar refractivity (Wildman–Crippen MR) is 105 cm³/mol. The molecule has 0 aliphatic rings. The van der Waals surface area contributed by atoms with Gasteiger partial charge in [-0.05, 0) is 37.1 Å². The number of anilines is 2. The first-order chi connectivity index (χ1) is 12.8. The van der Waals surface area contributed by atoms with E-state index in [0.29, 0.717) is 33.3 Å². The van der Waals surface area contributed by atoms with Crippen molar-refractivity contribution < 1.29 is 14.5 Å². The van der Waals surface area contributed by atoms with Crippen LogP contribution in [0.3, 0.4) is 0 Å². The van der Waals surface area contributed by atoms with E-state index in [-0.39, 0.29) is 11.6 Å². The monoisotopic (exact) mass is 386 g/mol. The third kappa shape index (κ3) is 3.60. The van der Waals surface area contributed by atoms with Gasteiger partial charge in [0.05, 0.1) is 17.2 Å². The highest BCUT2D eigenvalue weighted by atomic mass is 32.1. The lowest BCUT2D eigenvalue weighted by atomic mass is 10.1. The molecule has 0 unspecified atom stereocenters. The van der Waals surface area contributed by atoms with Crippen molar-refractivity contribution in [3.8, 4) is 0 Å². The number of nitrogens with zero attached hydrogens (tertiary/aromatic N) is 2. The van der Waals surface area contributed by atoms with E-state index in [2.05, 4.69) is 10.3 Å². The number of ether oxygens (including phenoxy) is 1. The number of aryl methyl sites for hydroxylation is 2. The van der Waals surface area contributed by atoms with E-state index in [9.17, 15) is 14.9 Å². The van der Waals surface area contributed by atoms with Gasteiger partial charge in [0.25, 0.3) is 11.6 Å². The lowest BCUT2D eigenvalue weighted by molar-refractivity contribution is -0.384. The average Bonchev–Trinajstić information content (AvgIpc) is 2.93. The van der Waals surface area contributed by atoms with Gasteiger partial charge in [0.2, 0.25) is 0 Å². The van der Waals surface area contributed by atoms with E-state index < -0.39 is 4.92 Å². The van der Waals surface area contributed by atoms with Crippen LogP contribution in [0.1, 0.15) is 26.5 Å². The number of benzene rings is 1. The number of nitrogens with one attached hydrogen (secondary N) is 1. The molecule has 0 saturated carbocycles. The second-order valence-electron chi connectivity index (χ2n) is 6.09. The van der Waals surface area contributed by atoms with Crippen molar-refractivity contribution in [1.29, 1.82) is 0 Å². The van der Waals surface area contributed by atoms with Gasteiger partial charge in [-0.3, -0.25) is 14.9 Å². The number of amides is 1. The summed E-state index contributed by atoms with van der Waals surface area (Å²) in [5.74, 6) is -0.381. The normalized spacial score (nSPS) is 10.9. The van der Waals surface area contributed by atoms with Gasteiger partial charge in [-0.15, -0.1) is 11.3 Å². The van der Waals surface area contributed by atoms with Crippen LogP contribution >= 0.6 is 11.3 Å². The van der Waals surface area contributed by atoms with E-state index >= 15 is 0 Å². The first kappa shape index (κ1) is 18.7. The quantitative estimate of drug-likeness (QED) is 0.508. The molecule has 2 aromatic heterocycles. The van der Waals surface area contributed by atoms with Crippen LogP contribution in [0.25, 0.3) is 10.2 Å². The topological polar surface area (TPSA) is 120 Å². The molecule has 3 rings (SSSR count). The maximum atomic E-state index is 12.8. The fourth-order valence-corrected chi connectivity index (χ4v) is 3.94. The minimum Gasteiger partial charge on any atom is -0.397 e. The molecule has 0 bridgehead atoms. The van der Waals surface area contributed by atoms with Crippen LogP contribution in [0, 0.1) is 24.0 Å². The van der Waals surface area contributed by atoms with Crippen LogP contribution in [-0.4, -0.2) is 22.9 Å². The van der Waals surface area contributed by atoms with Crippen molar-refractivity contribution in [2.24, 2.45) is 0 Å². The lowest BCUT2D eigenvalue weighted by Gasteiger charge is -2.08. The smallest absolute Gasteiger partial charge is 0.269 e. The third-order valence-corrected chi connectivity index (χ3v) is 5.18. The van der Waals surface area contributed by atoms with Crippen molar-refractivity contribution in [2.45, 2.75) is 20.5 Å². The van der Waals surface area contributed by atoms with Crippen LogP contribution in [0.5, 0.6) is 0 Å². The molecule has 0 aliphatic carbocycles. The molecule has 2 heterocycles. The predicted octanol–water partition coefficient (Wildman–Crippen LogP) is 3.80. The average molecular weight is 386 g/mol. The van der Waals surface area contributed by atoms with Gasteiger partial charge in [0, 0.05) is 36.0 Å². The molecule has 0 radical (unpaired) electrons. The first-order valence-corrected chi connectivity index (χ1v) is 8.87. The molecular formula is C18H18N4O4S. The Morgan fingerprint density at radius 2 is 2.11 bits per heavy atom. The number of methoxy groups -OCH3 is 1. The van der Waals surface area contributed by atoms with Crippen LogP contribution < -0.4 is 11.1 Å². The zero-order chi connectivity index (χ0) is 19.7. The maximum absolute atomic E-state index is 12.8. The molecule has 0 atom stereocenters. The zero-order valence-corrected chi connectivity index (χ0v) is 15.8. The Kier molecular flexibility index (Phi) is 5.06. The van der Waals surface area contributed by atoms with Crippen LogP contribution in [0.4, 0.5) is 17.1 Å². The van der Waals surface area contributed by atoms with Gasteiger partial charge in [0.15, 0.2) is 0 Å². The summed E-state index contributed by atoms with van der Waals surface area (Å²) in [6.45, 7) is 3.93. The second-order valence-corrected chi connectivity index (χ2v) is 7.09. The molecule has 3 aromatic rings. The summed E-state index contributed by atoms with van der Waals surface area (Å²) in [5, 5.41) is 14.3. The van der Waals surface area contributed by atoms with E-state index in [1.54, 1.807) is 14.0 Å². The first-order valence-electron chi connectivity index (χ1n) is 8.05. The number of nitro benzene ring substituents is 1. The molecule has 0 saturated heterocycles. The number of nitrogens with two attached hydrogens (primary N) is 1. The highest BCUT2D eigenvalue weighted by molar-refractivity contribution is 7.21. The van der Waals surface area contributed by atoms with Gasteiger partial charge in [-0.25, -0.2) is 4.98 Å². The summed E-state index contributed by atoms with van der Waals surface area (Å²) < 4.78 is 5.22. The van der Waals surface area contributed by atoms with Gasteiger partial charge in [-0.1, -0.05) is 0 Å². The Labute approximate surface area is 159 Å². The Hall–Kier alpha value is -3.04. The highest BCUT2D eigenvalue weighted by Gasteiger charge is 2.21. The molecule has 0 spiro atoms. The number of nitrogen functional groups attached to an aromatic ring is 1. The zero-order valence-electron chi connectivity index (χ0n) is 15.0. The molecule has 9 heteroatoms. The summed E-state index contributed by atoms with van der Waals surface area (Å²) in [4.78, 5) is 28.6. The molecule has 0 aliphatic heterocycles. The molecular weight excluding hydrogens is 368 g/mol. The largest absolute Gasteiger partial charge is 0.397 e. The SMILES string of the molecule is COCc1cc(C)nc2sc(C(=O)Nc3ccc([N+](=O)[O-])cc3C)c(N)c12. The second kappa shape index (κ2) is 7.29. The summed E-state index contributed by atoms with van der Waals surface area (Å²) in [6, 6.07) is 6.15. The number of pyridine rings is 1. The highest BCUT2D eigenvalue weighted by Crippen LogP contribution is 2.36. The molecule has 1 amide bonds. The van der Waals surface area contributed by atoms with Crippen LogP contribution in [-0.2, 0) is 11.3 Å². The number of aromatic nitrogens is 1. The molecule has 140 valence electrons. The van der Waals surface area contributed by atoms with E-state index in [1.807, 2.05) is 13.0 Å². The fraction of sp³-hybridized carbons (Fsp3) is 0.222. The van der Waals surface area contributed by atoms with Crippen molar-refractivity contribution in [3.05, 3.63) is 56.1 Å². The summed E-state index contributed by atoms with van der Waals surface area (Å²) in [5.41, 5.74) is 9.33. The van der Waals surface area contributed by atoms with Gasteiger partial charge in [-0.2, -0.15) is 0 Å². The lowest BCUT2D eigenvalue weighted by Crippen LogP contribution is -2.13. The number of hydrogen-bond acceptors (Lipinski definition) is 7. The number of carbonyl (C=O) groups excluding carboxylic acids is 1. The minimum absolute atomic E-state index is 0.0317. The van der Waals surface area contributed by atoms with Gasteiger partial charge < -0.3 is 15.8 Å². The Morgan fingerprint density at radius 3 is 2.74 bits per heavy atom. The summed E-state index contributed by atoms with van der Waals surface area (Å²) in [6.07, 6.45) is 0. The fourth-order valence-electron chi connectivity index (χ4n) is 2.86. The van der Waals surface area contributed by atoms with E-state index in [4.69, 9.17) is 10.5 Å². The standard InChI is InChI=1S/C18H18N4O4S/c1-9-6-12(22(24)25)4-5-13(9)21-17(23)16-15(19)14-11(8-26-3)7-10(2)20-18(14)27-16/h4-7H,8,19H2,1-3H3,(H,21,23). The van der Waals surface area contributed by atoms with Crippen molar-refractivity contribution in [3.63, 3.8) is 0 Å². The van der Waals surface area contributed by atoms with E-state index in [0.717, 1.165) is 16.6 Å². The third-order valence-electron chi connectivity index (χ3n) is 4.08. The number of carbonyl (C=O) groups is 1. The summed E-state index contributed by atoms with van der Waals surface area (Å²) in [7, 11) is 1.59. The molecule has 27 heavy (non-hydrogen) atoms. The number of hydrogen-bond donors (Lipinski definition) is 2. The number of thiophene rings is 1. The Balaban J connectivity index is 1.98. The molecule has 8 nitrogen and oxygen atoms in total. The molecule has 3 N–H and O–H groups in total. The summed E-state index contributed by atoms with van der Waals surface area (Å²) >= 11 is 1.21. The Bertz CT molecular complexity index is 1060. The number of rotatable bonds is 5. The molecule has 0 fully saturated rings. The number of non-ortho nitro benzene ring substituents is 1. The molecule has 1 aromatic carbocycles.